The lowest BCUT2D eigenvalue weighted by Crippen LogP contribution is -2.56. The summed E-state index contributed by atoms with van der Waals surface area (Å²) in [5.41, 5.74) is 6.91. The Balaban J connectivity index is 2.04. The van der Waals surface area contributed by atoms with Crippen LogP contribution in [0.5, 0.6) is 0 Å². The second-order valence-corrected chi connectivity index (χ2v) is 7.54. The Morgan fingerprint density at radius 1 is 1.19 bits per heavy atom. The molecule has 0 saturated carbocycles. The van der Waals surface area contributed by atoms with E-state index in [0.29, 0.717) is 5.57 Å². The van der Waals surface area contributed by atoms with Gasteiger partial charge in [0.25, 0.3) is 0 Å². The van der Waals surface area contributed by atoms with Gasteiger partial charge in [-0.25, -0.2) is 8.78 Å². The summed E-state index contributed by atoms with van der Waals surface area (Å²) in [5.74, 6) is -1.31. The fraction of sp³-hybridized carbons (Fsp3) is 0.318. The van der Waals surface area contributed by atoms with Gasteiger partial charge in [-0.3, -0.25) is 4.79 Å². The largest absolute Gasteiger partial charge is 0.326 e. The molecule has 2 aromatic carbocycles. The van der Waals surface area contributed by atoms with Gasteiger partial charge in [0.1, 0.15) is 11.6 Å². The van der Waals surface area contributed by atoms with Gasteiger partial charge in [0.15, 0.2) is 0 Å². The summed E-state index contributed by atoms with van der Waals surface area (Å²) in [7, 11) is 0. The van der Waals surface area contributed by atoms with Crippen molar-refractivity contribution in [3.8, 4) is 0 Å². The number of amides is 1. The lowest BCUT2D eigenvalue weighted by Gasteiger charge is -2.35. The molecule has 0 bridgehead atoms. The fourth-order valence-corrected chi connectivity index (χ4v) is 3.21. The van der Waals surface area contributed by atoms with Gasteiger partial charge >= 0.3 is 0 Å². The molecule has 0 spiro atoms. The number of benzene rings is 2. The molecule has 142 valence electrons. The number of carbonyl (C=O) groups is 1. The van der Waals surface area contributed by atoms with Crippen molar-refractivity contribution in [3.63, 3.8) is 0 Å². The number of nitrogens with zero attached hydrogens (tertiary/aromatic N) is 1. The molecule has 3 nitrogen and oxygen atoms in total. The van der Waals surface area contributed by atoms with Gasteiger partial charge in [0.2, 0.25) is 5.91 Å². The van der Waals surface area contributed by atoms with Crippen molar-refractivity contribution in [1.82, 2.24) is 4.90 Å². The molecule has 0 fully saturated rings. The van der Waals surface area contributed by atoms with E-state index >= 15 is 0 Å². The van der Waals surface area contributed by atoms with E-state index in [1.165, 1.54) is 6.07 Å². The van der Waals surface area contributed by atoms with E-state index in [2.05, 4.69) is 0 Å². The molecule has 1 heterocycles. The van der Waals surface area contributed by atoms with Gasteiger partial charge in [-0.15, -0.1) is 0 Å². The molecule has 1 aliphatic rings. The van der Waals surface area contributed by atoms with E-state index in [1.54, 1.807) is 11.8 Å². The average Bonchev–Trinajstić information content (AvgIpc) is 3.08. The Kier molecular flexibility index (Phi) is 5.16. The second-order valence-electron chi connectivity index (χ2n) is 7.54. The zero-order valence-electron chi connectivity index (χ0n) is 15.7. The third-order valence-electron chi connectivity index (χ3n) is 5.37. The molecule has 0 saturated heterocycles. The first-order valence-corrected chi connectivity index (χ1v) is 9.03. The number of nitrogens with two attached hydrogens (primary N) is 1. The molecule has 1 aliphatic heterocycles. The van der Waals surface area contributed by atoms with Crippen LogP contribution in [0, 0.1) is 17.6 Å². The van der Waals surface area contributed by atoms with Crippen LogP contribution in [0.15, 0.2) is 54.6 Å². The lowest BCUT2D eigenvalue weighted by atomic mass is 9.87. The van der Waals surface area contributed by atoms with Crippen molar-refractivity contribution >= 4 is 11.5 Å². The van der Waals surface area contributed by atoms with Gasteiger partial charge < -0.3 is 10.6 Å². The highest BCUT2D eigenvalue weighted by atomic mass is 19.1. The zero-order valence-corrected chi connectivity index (χ0v) is 15.7. The smallest absolute Gasteiger partial charge is 0.243 e. The van der Waals surface area contributed by atoms with Crippen LogP contribution in [0.4, 0.5) is 8.78 Å². The monoisotopic (exact) mass is 370 g/mol. The Morgan fingerprint density at radius 2 is 1.85 bits per heavy atom. The third kappa shape index (κ3) is 3.65. The van der Waals surface area contributed by atoms with Crippen molar-refractivity contribution in [3.05, 3.63) is 77.4 Å². The normalized spacial score (nSPS) is 19.1. The van der Waals surface area contributed by atoms with Gasteiger partial charge in [-0.05, 0) is 42.2 Å². The maximum Gasteiger partial charge on any atom is 0.243 e. The predicted molar refractivity (Wildman–Crippen MR) is 103 cm³/mol. The first-order valence-electron chi connectivity index (χ1n) is 9.03. The van der Waals surface area contributed by atoms with Crippen LogP contribution in [-0.2, 0) is 4.79 Å². The summed E-state index contributed by atoms with van der Waals surface area (Å²) in [6, 6.07) is 12.5. The molecule has 2 unspecified atom stereocenters. The number of halogens is 2. The molecular weight excluding hydrogens is 346 g/mol. The number of hydrogen-bond acceptors (Lipinski definition) is 2. The van der Waals surface area contributed by atoms with Crippen molar-refractivity contribution in [2.24, 2.45) is 11.7 Å². The van der Waals surface area contributed by atoms with Crippen LogP contribution in [0.3, 0.4) is 0 Å². The molecule has 3 rings (SSSR count). The summed E-state index contributed by atoms with van der Waals surface area (Å²) in [6.45, 7) is 5.68. The first kappa shape index (κ1) is 19.2. The summed E-state index contributed by atoms with van der Waals surface area (Å²) in [4.78, 5) is 14.9. The zero-order chi connectivity index (χ0) is 19.8. The highest BCUT2D eigenvalue weighted by Gasteiger charge is 2.41. The van der Waals surface area contributed by atoms with Crippen LogP contribution in [-0.4, -0.2) is 22.9 Å². The van der Waals surface area contributed by atoms with Gasteiger partial charge in [-0.2, -0.15) is 0 Å². The topological polar surface area (TPSA) is 46.3 Å². The van der Waals surface area contributed by atoms with E-state index in [1.807, 2.05) is 50.3 Å². The van der Waals surface area contributed by atoms with Crippen LogP contribution >= 0.6 is 0 Å². The maximum atomic E-state index is 14.3. The molecule has 0 aliphatic carbocycles. The highest BCUT2D eigenvalue weighted by molar-refractivity contribution is 5.90. The molecule has 2 aromatic rings. The maximum absolute atomic E-state index is 14.3. The van der Waals surface area contributed by atoms with E-state index < -0.39 is 17.2 Å². The summed E-state index contributed by atoms with van der Waals surface area (Å²) < 4.78 is 28.0. The van der Waals surface area contributed by atoms with Crippen molar-refractivity contribution in [2.75, 3.05) is 6.54 Å². The summed E-state index contributed by atoms with van der Waals surface area (Å²) in [5, 5.41) is 0. The van der Waals surface area contributed by atoms with Crippen molar-refractivity contribution in [1.29, 1.82) is 0 Å². The quantitative estimate of drug-likeness (QED) is 0.872. The summed E-state index contributed by atoms with van der Waals surface area (Å²) in [6.07, 6.45) is 1.82. The molecule has 1 amide bonds. The fourth-order valence-electron chi connectivity index (χ4n) is 3.21. The van der Waals surface area contributed by atoms with E-state index in [-0.39, 0.29) is 30.0 Å². The van der Waals surface area contributed by atoms with Crippen LogP contribution in [0.25, 0.3) is 5.57 Å². The first-order chi connectivity index (χ1) is 12.7. The Bertz CT molecular complexity index is 875. The average molecular weight is 370 g/mol. The van der Waals surface area contributed by atoms with E-state index in [4.69, 9.17) is 5.73 Å². The van der Waals surface area contributed by atoms with Crippen LogP contribution < -0.4 is 5.73 Å². The molecule has 2 atom stereocenters. The Hall–Kier alpha value is -2.53. The highest BCUT2D eigenvalue weighted by Crippen LogP contribution is 2.37. The minimum absolute atomic E-state index is 0.0728. The van der Waals surface area contributed by atoms with Crippen molar-refractivity contribution in [2.45, 2.75) is 32.4 Å². The molecule has 5 heteroatoms. The molecular formula is C22H24F2N2O. The second kappa shape index (κ2) is 7.24. The number of rotatable bonds is 4. The molecule has 0 radical (unpaired) electrons. The molecule has 0 aromatic heterocycles. The molecule has 2 N–H and O–H groups in total. The Morgan fingerprint density at radius 3 is 2.48 bits per heavy atom. The summed E-state index contributed by atoms with van der Waals surface area (Å²) >= 11 is 0. The van der Waals surface area contributed by atoms with Gasteiger partial charge in [-0.1, -0.05) is 50.3 Å². The van der Waals surface area contributed by atoms with Gasteiger partial charge in [0, 0.05) is 12.1 Å². The van der Waals surface area contributed by atoms with E-state index in [9.17, 15) is 13.6 Å². The van der Waals surface area contributed by atoms with Crippen LogP contribution in [0.2, 0.25) is 0 Å². The minimum atomic E-state index is -1.06. The van der Waals surface area contributed by atoms with Crippen molar-refractivity contribution < 1.29 is 13.6 Å². The SMILES string of the molecule is CC(C)C(C)(N)C(=O)N1CC(c2cc(F)ccc2F)=CC1c1ccccc1. The predicted octanol–water partition coefficient (Wildman–Crippen LogP) is 4.31. The van der Waals surface area contributed by atoms with E-state index in [0.717, 1.165) is 17.7 Å². The third-order valence-corrected chi connectivity index (χ3v) is 5.37. The number of hydrogen-bond donors (Lipinski definition) is 1. The molecule has 27 heavy (non-hydrogen) atoms. The lowest BCUT2D eigenvalue weighted by molar-refractivity contribution is -0.138. The van der Waals surface area contributed by atoms with Gasteiger partial charge in [0.05, 0.1) is 11.6 Å². The minimum Gasteiger partial charge on any atom is -0.326 e. The Labute approximate surface area is 158 Å². The number of carbonyl (C=O) groups excluding carboxylic acids is 1. The van der Waals surface area contributed by atoms with Crippen LogP contribution in [0.1, 0.15) is 37.9 Å². The standard InChI is InChI=1S/C22H24F2N2O/c1-14(2)22(3,25)21(27)26-13-16(18-12-17(23)9-10-19(18)24)11-20(26)15-7-5-4-6-8-15/h4-12,14,20H,13,25H2,1-3H3.